The van der Waals surface area contributed by atoms with E-state index in [1.807, 2.05) is 19.9 Å². The standard InChI is InChI=1S/C13H16BrNO3/c1-3-4-11(13(17)18)15-12(16)9-7-8(2)5-6-10(9)14/h5-7,11H,3-4H2,1-2H3,(H,15,16)(H,17,18)/t11-/m1/s1. The molecule has 0 aromatic heterocycles. The molecule has 0 aliphatic heterocycles. The molecule has 0 spiro atoms. The zero-order valence-electron chi connectivity index (χ0n) is 10.4. The van der Waals surface area contributed by atoms with E-state index in [-0.39, 0.29) is 5.91 Å². The van der Waals surface area contributed by atoms with Crippen LogP contribution in [0.1, 0.15) is 35.7 Å². The first-order valence-corrected chi connectivity index (χ1v) is 6.54. The molecule has 1 amide bonds. The smallest absolute Gasteiger partial charge is 0.326 e. The van der Waals surface area contributed by atoms with Crippen molar-refractivity contribution >= 4 is 27.8 Å². The molecule has 0 heterocycles. The minimum atomic E-state index is -1.01. The maximum atomic E-state index is 12.0. The van der Waals surface area contributed by atoms with E-state index in [9.17, 15) is 9.59 Å². The second kappa shape index (κ2) is 6.54. The summed E-state index contributed by atoms with van der Waals surface area (Å²) in [5.41, 5.74) is 1.41. The number of rotatable bonds is 5. The molecule has 1 atom stereocenters. The lowest BCUT2D eigenvalue weighted by molar-refractivity contribution is -0.139. The molecule has 1 aromatic rings. The summed E-state index contributed by atoms with van der Waals surface area (Å²) in [7, 11) is 0. The molecular weight excluding hydrogens is 298 g/mol. The van der Waals surface area contributed by atoms with Crippen molar-refractivity contribution < 1.29 is 14.7 Å². The predicted molar refractivity (Wildman–Crippen MR) is 72.7 cm³/mol. The topological polar surface area (TPSA) is 66.4 Å². The number of carbonyl (C=O) groups is 2. The number of halogens is 1. The van der Waals surface area contributed by atoms with E-state index in [1.165, 1.54) is 0 Å². The quantitative estimate of drug-likeness (QED) is 0.878. The second-order valence-electron chi connectivity index (χ2n) is 4.14. The van der Waals surface area contributed by atoms with Crippen molar-refractivity contribution in [3.8, 4) is 0 Å². The Balaban J connectivity index is 2.86. The lowest BCUT2D eigenvalue weighted by Gasteiger charge is -2.14. The van der Waals surface area contributed by atoms with Crippen LogP contribution in [0.25, 0.3) is 0 Å². The monoisotopic (exact) mass is 313 g/mol. The van der Waals surface area contributed by atoms with E-state index in [2.05, 4.69) is 21.2 Å². The summed E-state index contributed by atoms with van der Waals surface area (Å²) in [5, 5.41) is 11.5. The van der Waals surface area contributed by atoms with Crippen molar-refractivity contribution in [2.45, 2.75) is 32.7 Å². The van der Waals surface area contributed by atoms with Crippen LogP contribution in [0.3, 0.4) is 0 Å². The molecule has 98 valence electrons. The number of hydrogen-bond acceptors (Lipinski definition) is 2. The van der Waals surface area contributed by atoms with E-state index >= 15 is 0 Å². The number of carboxylic acids is 1. The molecule has 1 aromatic carbocycles. The molecule has 0 unspecified atom stereocenters. The van der Waals surface area contributed by atoms with E-state index < -0.39 is 12.0 Å². The van der Waals surface area contributed by atoms with Crippen LogP contribution in [-0.2, 0) is 4.79 Å². The molecule has 0 bridgehead atoms. The lowest BCUT2D eigenvalue weighted by Crippen LogP contribution is -2.40. The normalized spacial score (nSPS) is 11.9. The number of carboxylic acid groups (broad SMARTS) is 1. The minimum absolute atomic E-state index is 0.369. The van der Waals surface area contributed by atoms with Gasteiger partial charge in [-0.2, -0.15) is 0 Å². The van der Waals surface area contributed by atoms with Gasteiger partial charge in [0.1, 0.15) is 6.04 Å². The van der Waals surface area contributed by atoms with Crippen molar-refractivity contribution in [3.05, 3.63) is 33.8 Å². The van der Waals surface area contributed by atoms with E-state index in [1.54, 1.807) is 12.1 Å². The van der Waals surface area contributed by atoms with E-state index in [0.717, 1.165) is 5.56 Å². The molecule has 5 heteroatoms. The molecule has 1 rings (SSSR count). The van der Waals surface area contributed by atoms with Gasteiger partial charge in [-0.15, -0.1) is 0 Å². The van der Waals surface area contributed by atoms with Gasteiger partial charge in [-0.3, -0.25) is 4.79 Å². The van der Waals surface area contributed by atoms with Crippen LogP contribution in [0.15, 0.2) is 22.7 Å². The molecule has 0 aliphatic rings. The van der Waals surface area contributed by atoms with Crippen molar-refractivity contribution in [3.63, 3.8) is 0 Å². The fourth-order valence-corrected chi connectivity index (χ4v) is 2.02. The van der Waals surface area contributed by atoms with Crippen molar-refractivity contribution in [1.82, 2.24) is 5.32 Å². The summed E-state index contributed by atoms with van der Waals surface area (Å²) in [5.74, 6) is -1.37. The summed E-state index contributed by atoms with van der Waals surface area (Å²) < 4.78 is 0.659. The lowest BCUT2D eigenvalue weighted by atomic mass is 10.1. The molecule has 0 radical (unpaired) electrons. The van der Waals surface area contributed by atoms with Gasteiger partial charge in [-0.1, -0.05) is 25.0 Å². The third kappa shape index (κ3) is 3.84. The van der Waals surface area contributed by atoms with Crippen LogP contribution < -0.4 is 5.32 Å². The first-order chi connectivity index (χ1) is 8.45. The van der Waals surface area contributed by atoms with Crippen LogP contribution in [-0.4, -0.2) is 23.0 Å². The zero-order chi connectivity index (χ0) is 13.7. The average molecular weight is 314 g/mol. The number of hydrogen-bond donors (Lipinski definition) is 2. The molecule has 18 heavy (non-hydrogen) atoms. The van der Waals surface area contributed by atoms with Gasteiger partial charge in [0.15, 0.2) is 0 Å². The number of amides is 1. The van der Waals surface area contributed by atoms with Crippen molar-refractivity contribution in [1.29, 1.82) is 0 Å². The average Bonchev–Trinajstić information content (AvgIpc) is 2.31. The third-order valence-electron chi connectivity index (χ3n) is 2.55. The van der Waals surface area contributed by atoms with Gasteiger partial charge in [0.05, 0.1) is 5.56 Å². The first kappa shape index (κ1) is 14.7. The van der Waals surface area contributed by atoms with Crippen LogP contribution >= 0.6 is 15.9 Å². The van der Waals surface area contributed by atoms with Crippen LogP contribution in [0.4, 0.5) is 0 Å². The second-order valence-corrected chi connectivity index (χ2v) is 4.99. The van der Waals surface area contributed by atoms with Gasteiger partial charge in [-0.25, -0.2) is 4.79 Å². The van der Waals surface area contributed by atoms with E-state index in [4.69, 9.17) is 5.11 Å². The SMILES string of the molecule is CCC[C@@H](NC(=O)c1cc(C)ccc1Br)C(=O)O. The highest BCUT2D eigenvalue weighted by Crippen LogP contribution is 2.18. The third-order valence-corrected chi connectivity index (χ3v) is 3.24. The van der Waals surface area contributed by atoms with Crippen LogP contribution in [0, 0.1) is 6.92 Å². The highest BCUT2D eigenvalue weighted by atomic mass is 79.9. The Morgan fingerprint density at radius 3 is 2.67 bits per heavy atom. The Hall–Kier alpha value is -1.36. The van der Waals surface area contributed by atoms with Crippen LogP contribution in [0.5, 0.6) is 0 Å². The predicted octanol–water partition coefficient (Wildman–Crippen LogP) is 2.74. The number of nitrogens with one attached hydrogen (secondary N) is 1. The van der Waals surface area contributed by atoms with Gasteiger partial charge in [0.2, 0.25) is 0 Å². The zero-order valence-corrected chi connectivity index (χ0v) is 12.0. The van der Waals surface area contributed by atoms with E-state index in [0.29, 0.717) is 22.9 Å². The Morgan fingerprint density at radius 2 is 2.11 bits per heavy atom. The first-order valence-electron chi connectivity index (χ1n) is 5.75. The highest BCUT2D eigenvalue weighted by Gasteiger charge is 2.20. The van der Waals surface area contributed by atoms with Gasteiger partial charge in [0, 0.05) is 4.47 Å². The van der Waals surface area contributed by atoms with Gasteiger partial charge in [-0.05, 0) is 41.4 Å². The van der Waals surface area contributed by atoms with Gasteiger partial charge >= 0.3 is 5.97 Å². The minimum Gasteiger partial charge on any atom is -0.480 e. The number of carbonyl (C=O) groups excluding carboxylic acids is 1. The Kier molecular flexibility index (Phi) is 5.34. The Labute approximate surface area is 115 Å². The molecule has 0 saturated heterocycles. The van der Waals surface area contributed by atoms with Crippen LogP contribution in [0.2, 0.25) is 0 Å². The highest BCUT2D eigenvalue weighted by molar-refractivity contribution is 9.10. The fourth-order valence-electron chi connectivity index (χ4n) is 1.60. The Morgan fingerprint density at radius 1 is 1.44 bits per heavy atom. The molecule has 0 saturated carbocycles. The van der Waals surface area contributed by atoms with Crippen molar-refractivity contribution in [2.75, 3.05) is 0 Å². The summed E-state index contributed by atoms with van der Waals surface area (Å²) >= 11 is 3.29. The summed E-state index contributed by atoms with van der Waals surface area (Å²) in [6.07, 6.45) is 1.12. The van der Waals surface area contributed by atoms with Gasteiger partial charge < -0.3 is 10.4 Å². The number of aryl methyl sites for hydroxylation is 1. The molecule has 0 fully saturated rings. The summed E-state index contributed by atoms with van der Waals surface area (Å²) in [6, 6.07) is 4.54. The molecule has 4 nitrogen and oxygen atoms in total. The summed E-state index contributed by atoms with van der Waals surface area (Å²) in [6.45, 7) is 3.76. The van der Waals surface area contributed by atoms with Crippen molar-refractivity contribution in [2.24, 2.45) is 0 Å². The number of aliphatic carboxylic acids is 1. The molecule has 0 aliphatic carbocycles. The maximum Gasteiger partial charge on any atom is 0.326 e. The number of benzene rings is 1. The molecular formula is C13H16BrNO3. The molecule has 2 N–H and O–H groups in total. The fraction of sp³-hybridized carbons (Fsp3) is 0.385. The Bertz CT molecular complexity index is 460. The van der Waals surface area contributed by atoms with Gasteiger partial charge in [0.25, 0.3) is 5.91 Å². The largest absolute Gasteiger partial charge is 0.480 e. The summed E-state index contributed by atoms with van der Waals surface area (Å²) in [4.78, 5) is 23.0. The maximum absolute atomic E-state index is 12.0.